The molecular formula is C8H8N2O3. The van der Waals surface area contributed by atoms with Gasteiger partial charge in [0, 0.05) is 6.20 Å². The molecule has 0 aliphatic carbocycles. The largest absolute Gasteiger partial charge is 0.508 e. The molecule has 3 N–H and O–H groups in total. The Morgan fingerprint density at radius 1 is 1.46 bits per heavy atom. The van der Waals surface area contributed by atoms with Crippen LogP contribution in [-0.2, 0) is 4.79 Å². The van der Waals surface area contributed by atoms with Gasteiger partial charge in [-0.3, -0.25) is 9.69 Å². The summed E-state index contributed by atoms with van der Waals surface area (Å²) in [6.45, 7) is 0. The summed E-state index contributed by atoms with van der Waals surface area (Å²) in [6, 6.07) is 0. The number of fused-ring (bicyclic) bond motifs is 1. The molecule has 5 heteroatoms. The van der Waals surface area contributed by atoms with Gasteiger partial charge in [-0.05, 0) is 12.2 Å². The van der Waals surface area contributed by atoms with Crippen LogP contribution in [0.4, 0.5) is 0 Å². The van der Waals surface area contributed by atoms with E-state index in [0.717, 1.165) is 6.08 Å². The first-order chi connectivity index (χ1) is 6.18. The van der Waals surface area contributed by atoms with Crippen molar-refractivity contribution in [1.29, 1.82) is 0 Å². The predicted octanol–water partition coefficient (Wildman–Crippen LogP) is 0.113. The summed E-state index contributed by atoms with van der Waals surface area (Å²) in [7, 11) is 0. The van der Waals surface area contributed by atoms with Crippen LogP contribution in [0, 0.1) is 0 Å². The monoisotopic (exact) mass is 180 g/mol. The Balaban J connectivity index is 2.38. The van der Waals surface area contributed by atoms with E-state index in [9.17, 15) is 15.0 Å². The van der Waals surface area contributed by atoms with Crippen molar-refractivity contribution in [3.05, 3.63) is 36.1 Å². The highest BCUT2D eigenvalue weighted by Crippen LogP contribution is 2.19. The quantitative estimate of drug-likeness (QED) is 0.494. The van der Waals surface area contributed by atoms with Gasteiger partial charge in [0.1, 0.15) is 5.76 Å². The molecule has 1 amide bonds. The second kappa shape index (κ2) is 2.55. The highest BCUT2D eigenvalue weighted by atomic mass is 16.3. The zero-order valence-electron chi connectivity index (χ0n) is 6.64. The van der Waals surface area contributed by atoms with Crippen LogP contribution in [0.25, 0.3) is 0 Å². The summed E-state index contributed by atoms with van der Waals surface area (Å²) in [5, 5.41) is 21.2. The number of carbonyl (C=O) groups excluding carboxylic acids is 1. The molecule has 0 radical (unpaired) electrons. The number of hydrogen-bond donors (Lipinski definition) is 3. The Bertz CT molecular complexity index is 343. The second-order valence-corrected chi connectivity index (χ2v) is 2.75. The smallest absolute Gasteiger partial charge is 0.251 e. The average Bonchev–Trinajstić information content (AvgIpc) is 2.07. The topological polar surface area (TPSA) is 72.8 Å². The SMILES string of the molecule is O=C1C=C(O)N2C=CC=C(O)C2N1. The highest BCUT2D eigenvalue weighted by molar-refractivity contribution is 5.89. The summed E-state index contributed by atoms with van der Waals surface area (Å²) in [4.78, 5) is 12.3. The van der Waals surface area contributed by atoms with Crippen LogP contribution < -0.4 is 5.32 Å². The zero-order valence-corrected chi connectivity index (χ0v) is 6.64. The molecule has 0 aromatic heterocycles. The Labute approximate surface area is 74.3 Å². The van der Waals surface area contributed by atoms with Crippen molar-refractivity contribution in [1.82, 2.24) is 10.2 Å². The van der Waals surface area contributed by atoms with Crippen molar-refractivity contribution in [2.75, 3.05) is 0 Å². The van der Waals surface area contributed by atoms with Crippen molar-refractivity contribution in [3.8, 4) is 0 Å². The lowest BCUT2D eigenvalue weighted by atomic mass is 10.2. The van der Waals surface area contributed by atoms with Gasteiger partial charge in [0.15, 0.2) is 12.0 Å². The van der Waals surface area contributed by atoms with E-state index in [1.165, 1.54) is 11.0 Å². The molecule has 0 aromatic carbocycles. The van der Waals surface area contributed by atoms with Gasteiger partial charge in [-0.1, -0.05) is 0 Å². The molecule has 68 valence electrons. The van der Waals surface area contributed by atoms with E-state index in [1.807, 2.05) is 0 Å². The second-order valence-electron chi connectivity index (χ2n) is 2.75. The maximum atomic E-state index is 10.9. The van der Waals surface area contributed by atoms with E-state index in [2.05, 4.69) is 5.32 Å². The molecule has 0 bridgehead atoms. The van der Waals surface area contributed by atoms with E-state index in [1.54, 1.807) is 12.3 Å². The molecule has 0 saturated carbocycles. The predicted molar refractivity (Wildman–Crippen MR) is 44.3 cm³/mol. The lowest BCUT2D eigenvalue weighted by Crippen LogP contribution is -2.50. The number of rotatable bonds is 0. The molecule has 2 rings (SSSR count). The highest BCUT2D eigenvalue weighted by Gasteiger charge is 2.29. The lowest BCUT2D eigenvalue weighted by molar-refractivity contribution is -0.119. The molecule has 0 aromatic rings. The number of aliphatic hydroxyl groups excluding tert-OH is 2. The molecule has 1 atom stereocenters. The van der Waals surface area contributed by atoms with E-state index in [0.29, 0.717) is 0 Å². The third-order valence-corrected chi connectivity index (χ3v) is 1.88. The molecule has 0 spiro atoms. The maximum Gasteiger partial charge on any atom is 0.251 e. The maximum absolute atomic E-state index is 10.9. The molecule has 0 saturated heterocycles. The lowest BCUT2D eigenvalue weighted by Gasteiger charge is -2.33. The van der Waals surface area contributed by atoms with Crippen molar-refractivity contribution >= 4 is 5.91 Å². The number of nitrogens with zero attached hydrogens (tertiary/aromatic N) is 1. The Hall–Kier alpha value is -1.91. The van der Waals surface area contributed by atoms with Gasteiger partial charge in [0.2, 0.25) is 0 Å². The molecule has 13 heavy (non-hydrogen) atoms. The van der Waals surface area contributed by atoms with Gasteiger partial charge in [-0.2, -0.15) is 0 Å². The van der Waals surface area contributed by atoms with Gasteiger partial charge in [0.25, 0.3) is 5.91 Å². The van der Waals surface area contributed by atoms with Crippen LogP contribution in [0.5, 0.6) is 0 Å². The molecule has 2 aliphatic heterocycles. The number of hydrogen-bond acceptors (Lipinski definition) is 4. The first-order valence-corrected chi connectivity index (χ1v) is 3.75. The summed E-state index contributed by atoms with van der Waals surface area (Å²) in [5.41, 5.74) is 0. The van der Waals surface area contributed by atoms with E-state index in [-0.39, 0.29) is 11.6 Å². The average molecular weight is 180 g/mol. The van der Waals surface area contributed by atoms with Gasteiger partial charge >= 0.3 is 0 Å². The summed E-state index contributed by atoms with van der Waals surface area (Å²) in [6.07, 6.45) is 4.98. The Morgan fingerprint density at radius 3 is 3.00 bits per heavy atom. The third kappa shape index (κ3) is 1.14. The fourth-order valence-electron chi connectivity index (χ4n) is 1.27. The zero-order chi connectivity index (χ0) is 9.42. The standard InChI is InChI=1S/C8H8N2O3/c11-5-2-1-3-10-7(13)4-6(12)9-8(5)10/h1-4,8,11,13H,(H,9,12). The van der Waals surface area contributed by atoms with Crippen LogP contribution in [-0.4, -0.2) is 27.2 Å². The van der Waals surface area contributed by atoms with Crippen LogP contribution in [0.2, 0.25) is 0 Å². The van der Waals surface area contributed by atoms with E-state index in [4.69, 9.17) is 0 Å². The first-order valence-electron chi connectivity index (χ1n) is 3.75. The number of carbonyl (C=O) groups is 1. The molecule has 2 aliphatic rings. The van der Waals surface area contributed by atoms with Crippen LogP contribution >= 0.6 is 0 Å². The van der Waals surface area contributed by atoms with Gasteiger partial charge in [0.05, 0.1) is 6.08 Å². The number of nitrogens with one attached hydrogen (secondary N) is 1. The fourth-order valence-corrected chi connectivity index (χ4v) is 1.27. The van der Waals surface area contributed by atoms with Crippen molar-refractivity contribution in [2.24, 2.45) is 0 Å². The third-order valence-electron chi connectivity index (χ3n) is 1.88. The number of amides is 1. The summed E-state index contributed by atoms with van der Waals surface area (Å²) in [5.74, 6) is -0.603. The minimum atomic E-state index is -0.678. The van der Waals surface area contributed by atoms with Crippen LogP contribution in [0.3, 0.4) is 0 Å². The van der Waals surface area contributed by atoms with Crippen molar-refractivity contribution in [3.63, 3.8) is 0 Å². The van der Waals surface area contributed by atoms with Gasteiger partial charge in [-0.25, -0.2) is 0 Å². The number of aliphatic hydroxyl groups is 2. The van der Waals surface area contributed by atoms with Gasteiger partial charge < -0.3 is 15.5 Å². The number of allylic oxidation sites excluding steroid dienone is 2. The minimum Gasteiger partial charge on any atom is -0.508 e. The first kappa shape index (κ1) is 7.72. The van der Waals surface area contributed by atoms with Crippen molar-refractivity contribution in [2.45, 2.75) is 6.17 Å². The minimum absolute atomic E-state index is 0.00417. The summed E-state index contributed by atoms with van der Waals surface area (Å²) >= 11 is 0. The van der Waals surface area contributed by atoms with E-state index >= 15 is 0 Å². The molecule has 2 heterocycles. The summed E-state index contributed by atoms with van der Waals surface area (Å²) < 4.78 is 0. The molecule has 0 fully saturated rings. The fraction of sp³-hybridized carbons (Fsp3) is 0.125. The Kier molecular flexibility index (Phi) is 1.51. The molecule has 1 unspecified atom stereocenters. The van der Waals surface area contributed by atoms with Gasteiger partial charge in [-0.15, -0.1) is 0 Å². The normalized spacial score (nSPS) is 26.0. The van der Waals surface area contributed by atoms with Crippen molar-refractivity contribution < 1.29 is 15.0 Å². The molecule has 5 nitrogen and oxygen atoms in total. The van der Waals surface area contributed by atoms with Crippen LogP contribution in [0.15, 0.2) is 36.1 Å². The van der Waals surface area contributed by atoms with E-state index < -0.39 is 12.1 Å². The van der Waals surface area contributed by atoms with Crippen LogP contribution in [0.1, 0.15) is 0 Å². The Morgan fingerprint density at radius 2 is 2.23 bits per heavy atom. The molecular weight excluding hydrogens is 172 g/mol.